The van der Waals surface area contributed by atoms with E-state index >= 15 is 0 Å². The number of rotatable bonds is 8. The molecule has 0 amide bonds. The van der Waals surface area contributed by atoms with Crippen molar-refractivity contribution in [2.45, 2.75) is 25.0 Å². The largest absolute Gasteiger partial charge is 0.479 e. The monoisotopic (exact) mass is 301 g/mol. The summed E-state index contributed by atoms with van der Waals surface area (Å²) in [5.41, 5.74) is 8.07. The van der Waals surface area contributed by atoms with Gasteiger partial charge in [0.15, 0.2) is 0 Å². The van der Waals surface area contributed by atoms with Crippen LogP contribution < -0.4 is 0 Å². The van der Waals surface area contributed by atoms with E-state index < -0.39 is 5.25 Å². The maximum Gasteiger partial charge on any atom is 0.319 e. The number of hydrogen-bond acceptors (Lipinski definition) is 6. The Morgan fingerprint density at radius 2 is 2.32 bits per heavy atom. The number of thioether (sulfide) groups is 1. The molecule has 0 radical (unpaired) electrons. The first kappa shape index (κ1) is 17.6. The maximum atomic E-state index is 11.5. The summed E-state index contributed by atoms with van der Waals surface area (Å²) in [6.45, 7) is 2.59. The summed E-state index contributed by atoms with van der Waals surface area (Å²) in [5.74, 6) is 2.00. The zero-order valence-corrected chi connectivity index (χ0v) is 12.2. The van der Waals surface area contributed by atoms with Crippen LogP contribution in [-0.2, 0) is 14.3 Å². The Morgan fingerprint density at radius 3 is 2.95 bits per heavy atom. The minimum absolute atomic E-state index is 0.208. The van der Waals surface area contributed by atoms with Crippen molar-refractivity contribution < 1.29 is 14.3 Å². The van der Waals surface area contributed by atoms with Crippen LogP contribution in [0.15, 0.2) is 5.11 Å². The SMILES string of the molecule is C#CCCOC(=O)C(C)SC(=S)OCCCN=[N+]=[N-]. The highest BCUT2D eigenvalue weighted by atomic mass is 32.2. The molecule has 0 saturated carbocycles. The topological polar surface area (TPSA) is 84.3 Å². The van der Waals surface area contributed by atoms with Crippen LogP contribution in [0.5, 0.6) is 0 Å². The van der Waals surface area contributed by atoms with E-state index in [1.807, 2.05) is 0 Å². The van der Waals surface area contributed by atoms with E-state index in [1.165, 1.54) is 0 Å². The first-order chi connectivity index (χ1) is 9.11. The third-order valence-corrected chi connectivity index (χ3v) is 3.04. The Labute approximate surface area is 121 Å². The molecule has 0 aromatic heterocycles. The highest BCUT2D eigenvalue weighted by Crippen LogP contribution is 2.15. The lowest BCUT2D eigenvalue weighted by atomic mass is 10.4. The van der Waals surface area contributed by atoms with Crippen molar-refractivity contribution in [3.8, 4) is 12.3 Å². The van der Waals surface area contributed by atoms with E-state index in [9.17, 15) is 4.79 Å². The van der Waals surface area contributed by atoms with Gasteiger partial charge in [-0.05, 0) is 31.1 Å². The molecule has 1 unspecified atom stereocenters. The minimum Gasteiger partial charge on any atom is -0.479 e. The Hall–Kier alpha value is -1.42. The fourth-order valence-corrected chi connectivity index (χ4v) is 2.01. The van der Waals surface area contributed by atoms with Gasteiger partial charge in [0.25, 0.3) is 0 Å². The fraction of sp³-hybridized carbons (Fsp3) is 0.636. The number of ether oxygens (including phenoxy) is 2. The van der Waals surface area contributed by atoms with Crippen LogP contribution in [0.1, 0.15) is 19.8 Å². The number of carbonyl (C=O) groups excluding carboxylic acids is 1. The van der Waals surface area contributed by atoms with Crippen molar-refractivity contribution in [2.24, 2.45) is 5.11 Å². The van der Waals surface area contributed by atoms with Gasteiger partial charge >= 0.3 is 5.97 Å². The van der Waals surface area contributed by atoms with Crippen LogP contribution in [0.2, 0.25) is 0 Å². The van der Waals surface area contributed by atoms with Crippen molar-refractivity contribution in [1.29, 1.82) is 0 Å². The molecule has 0 aliphatic carbocycles. The molecule has 0 aliphatic rings. The maximum absolute atomic E-state index is 11.5. The van der Waals surface area contributed by atoms with E-state index in [-0.39, 0.29) is 17.0 Å². The first-order valence-corrected chi connectivity index (χ1v) is 6.85. The van der Waals surface area contributed by atoms with Crippen LogP contribution in [0.4, 0.5) is 0 Å². The van der Waals surface area contributed by atoms with Gasteiger partial charge in [0.05, 0.1) is 6.61 Å². The Balaban J connectivity index is 3.76. The summed E-state index contributed by atoms with van der Waals surface area (Å²) in [7, 11) is 0. The first-order valence-electron chi connectivity index (χ1n) is 5.56. The third kappa shape index (κ3) is 10.2. The smallest absolute Gasteiger partial charge is 0.319 e. The van der Waals surface area contributed by atoms with Crippen LogP contribution in [0.3, 0.4) is 0 Å². The highest BCUT2D eigenvalue weighted by Gasteiger charge is 2.17. The van der Waals surface area contributed by atoms with E-state index in [0.717, 1.165) is 11.8 Å². The molecule has 104 valence electrons. The average Bonchev–Trinajstić information content (AvgIpc) is 2.38. The molecule has 0 aromatic carbocycles. The lowest BCUT2D eigenvalue weighted by Crippen LogP contribution is -2.19. The molecule has 1 atom stereocenters. The molecule has 8 heteroatoms. The van der Waals surface area contributed by atoms with Crippen molar-refractivity contribution in [1.82, 2.24) is 0 Å². The van der Waals surface area contributed by atoms with Gasteiger partial charge in [0.1, 0.15) is 11.9 Å². The number of hydrogen-bond donors (Lipinski definition) is 0. The van der Waals surface area contributed by atoms with Crippen molar-refractivity contribution in [2.75, 3.05) is 19.8 Å². The second-order valence-corrected chi connectivity index (χ2v) is 5.23. The van der Waals surface area contributed by atoms with Crippen molar-refractivity contribution >= 4 is 34.3 Å². The Morgan fingerprint density at radius 1 is 1.58 bits per heavy atom. The van der Waals surface area contributed by atoms with Crippen LogP contribution in [-0.4, -0.2) is 35.4 Å². The summed E-state index contributed by atoms with van der Waals surface area (Å²) in [6, 6.07) is 0. The molecular weight excluding hydrogens is 286 g/mol. The lowest BCUT2D eigenvalue weighted by Gasteiger charge is -2.11. The number of azide groups is 1. The van der Waals surface area contributed by atoms with Gasteiger partial charge in [-0.2, -0.15) is 0 Å². The van der Waals surface area contributed by atoms with Gasteiger partial charge < -0.3 is 9.47 Å². The van der Waals surface area contributed by atoms with E-state index in [0.29, 0.717) is 26.0 Å². The second kappa shape index (κ2) is 11.7. The standard InChI is InChI=1S/C11H15N3O3S2/c1-3-4-7-16-10(15)9(2)19-11(18)17-8-5-6-13-14-12/h1,9H,4-8H2,2H3. The summed E-state index contributed by atoms with van der Waals surface area (Å²) in [6.07, 6.45) is 6.01. The van der Waals surface area contributed by atoms with Crippen LogP contribution in [0, 0.1) is 12.3 Å². The van der Waals surface area contributed by atoms with E-state index in [4.69, 9.17) is 33.6 Å². The highest BCUT2D eigenvalue weighted by molar-refractivity contribution is 8.23. The summed E-state index contributed by atoms with van der Waals surface area (Å²) < 4.78 is 10.4. The quantitative estimate of drug-likeness (QED) is 0.131. The molecular formula is C11H15N3O3S2. The average molecular weight is 301 g/mol. The normalized spacial score (nSPS) is 10.7. The Kier molecular flexibility index (Phi) is 10.8. The molecule has 0 aliphatic heterocycles. The Bertz CT molecular complexity index is 389. The summed E-state index contributed by atoms with van der Waals surface area (Å²) in [5, 5.41) is 2.92. The number of thiocarbonyl (C=S) groups is 1. The van der Waals surface area contributed by atoms with Gasteiger partial charge in [0.2, 0.25) is 4.38 Å². The van der Waals surface area contributed by atoms with Gasteiger partial charge in [-0.15, -0.1) is 12.3 Å². The van der Waals surface area contributed by atoms with Crippen molar-refractivity contribution in [3.63, 3.8) is 0 Å². The summed E-state index contributed by atoms with van der Waals surface area (Å²) >= 11 is 6.07. The second-order valence-electron chi connectivity index (χ2n) is 3.29. The molecule has 0 spiro atoms. The van der Waals surface area contributed by atoms with Gasteiger partial charge in [-0.3, -0.25) is 4.79 Å². The predicted molar refractivity (Wildman–Crippen MR) is 78.6 cm³/mol. The number of terminal acetylenes is 1. The lowest BCUT2D eigenvalue weighted by molar-refractivity contribution is -0.142. The molecule has 0 rings (SSSR count). The molecule has 0 fully saturated rings. The van der Waals surface area contributed by atoms with Gasteiger partial charge in [-0.1, -0.05) is 16.9 Å². The number of carbonyl (C=O) groups is 1. The van der Waals surface area contributed by atoms with Gasteiger partial charge in [-0.25, -0.2) is 0 Å². The minimum atomic E-state index is -0.442. The molecule has 0 N–H and O–H groups in total. The van der Waals surface area contributed by atoms with Crippen LogP contribution >= 0.6 is 24.0 Å². The fourth-order valence-electron chi connectivity index (χ4n) is 0.890. The molecule has 0 aromatic rings. The van der Waals surface area contributed by atoms with Crippen molar-refractivity contribution in [3.05, 3.63) is 10.4 Å². The number of nitrogens with zero attached hydrogens (tertiary/aromatic N) is 3. The van der Waals surface area contributed by atoms with E-state index in [1.54, 1.807) is 6.92 Å². The molecule has 19 heavy (non-hydrogen) atoms. The van der Waals surface area contributed by atoms with E-state index in [2.05, 4.69) is 15.9 Å². The van der Waals surface area contributed by atoms with Crippen LogP contribution in [0.25, 0.3) is 10.4 Å². The zero-order valence-electron chi connectivity index (χ0n) is 10.6. The zero-order chi connectivity index (χ0) is 14.5. The third-order valence-electron chi connectivity index (χ3n) is 1.78. The molecule has 0 saturated heterocycles. The predicted octanol–water partition coefficient (Wildman–Crippen LogP) is 2.68. The number of esters is 1. The molecule has 0 bridgehead atoms. The molecule has 0 heterocycles. The summed E-state index contributed by atoms with van der Waals surface area (Å²) in [4.78, 5) is 14.1. The van der Waals surface area contributed by atoms with Gasteiger partial charge in [0, 0.05) is 17.9 Å². The molecule has 6 nitrogen and oxygen atoms in total.